The fourth-order valence-corrected chi connectivity index (χ4v) is 1.45. The van der Waals surface area contributed by atoms with E-state index < -0.39 is 0 Å². The molecule has 0 radical (unpaired) electrons. The normalized spacial score (nSPS) is 9.71. The Kier molecular flexibility index (Phi) is 2.41. The van der Waals surface area contributed by atoms with Gasteiger partial charge >= 0.3 is 0 Å². The lowest BCUT2D eigenvalue weighted by atomic mass is 10.2. The van der Waals surface area contributed by atoms with Crippen molar-refractivity contribution in [3.8, 4) is 5.69 Å². The maximum atomic E-state index is 3.80. The van der Waals surface area contributed by atoms with E-state index in [1.165, 1.54) is 0 Å². The molecule has 1 aromatic heterocycles. The smallest absolute Gasteiger partial charge is 0.161 e. The Morgan fingerprint density at radius 3 is 2.36 bits per heavy atom. The van der Waals surface area contributed by atoms with Crippen LogP contribution in [-0.4, -0.2) is 0 Å². The Morgan fingerprint density at radius 2 is 1.64 bits per heavy atom. The summed E-state index contributed by atoms with van der Waals surface area (Å²) in [7, 11) is 0. The Bertz CT molecular complexity index is 432. The second-order valence-corrected chi connectivity index (χ2v) is 3.04. The van der Waals surface area contributed by atoms with Gasteiger partial charge in [-0.1, -0.05) is 24.8 Å². The van der Waals surface area contributed by atoms with Gasteiger partial charge in [0.2, 0.25) is 11.4 Å². The molecule has 1 nitrogen and oxygen atoms in total. The lowest BCUT2D eigenvalue weighted by Crippen LogP contribution is -2.33. The predicted octanol–water partition coefficient (Wildman–Crippen LogP) is 2.61. The molecule has 1 heteroatoms. The van der Waals surface area contributed by atoms with Gasteiger partial charge in [0.05, 0.1) is 0 Å². The van der Waals surface area contributed by atoms with Crippen molar-refractivity contribution in [2.45, 2.75) is 0 Å². The van der Waals surface area contributed by atoms with Crippen LogP contribution >= 0.6 is 0 Å². The third-order valence-corrected chi connectivity index (χ3v) is 2.13. The van der Waals surface area contributed by atoms with E-state index in [9.17, 15) is 0 Å². The standard InChI is InChI=1S/C13H12N/c1-2-12-8-6-7-11-14(12)13-9-4-3-5-10-13/h2-11H,1H2/q+1. The molecule has 0 N–H and O–H groups in total. The number of pyridine rings is 1. The highest BCUT2D eigenvalue weighted by Crippen LogP contribution is 2.01. The first-order chi connectivity index (χ1) is 6.92. The maximum Gasteiger partial charge on any atom is 0.211 e. The highest BCUT2D eigenvalue weighted by Gasteiger charge is 2.07. The number of hydrogen-bond donors (Lipinski definition) is 0. The summed E-state index contributed by atoms with van der Waals surface area (Å²) < 4.78 is 2.10. The van der Waals surface area contributed by atoms with E-state index in [1.807, 2.05) is 48.7 Å². The second kappa shape index (κ2) is 3.88. The van der Waals surface area contributed by atoms with Gasteiger partial charge in [0.1, 0.15) is 0 Å². The van der Waals surface area contributed by atoms with Crippen molar-refractivity contribution in [2.75, 3.05) is 0 Å². The monoisotopic (exact) mass is 182 g/mol. The van der Waals surface area contributed by atoms with Crippen LogP contribution in [-0.2, 0) is 0 Å². The zero-order valence-corrected chi connectivity index (χ0v) is 7.93. The van der Waals surface area contributed by atoms with Crippen molar-refractivity contribution in [1.82, 2.24) is 0 Å². The fourth-order valence-electron chi connectivity index (χ4n) is 1.45. The molecule has 68 valence electrons. The number of para-hydroxylation sites is 1. The van der Waals surface area contributed by atoms with Gasteiger partial charge in [-0.2, -0.15) is 4.57 Å². The first-order valence-electron chi connectivity index (χ1n) is 4.60. The maximum absolute atomic E-state index is 3.80. The first kappa shape index (κ1) is 8.70. The summed E-state index contributed by atoms with van der Waals surface area (Å²) in [5, 5.41) is 0. The van der Waals surface area contributed by atoms with Gasteiger partial charge in [-0.25, -0.2) is 0 Å². The van der Waals surface area contributed by atoms with Crippen LogP contribution in [0.15, 0.2) is 61.3 Å². The highest BCUT2D eigenvalue weighted by molar-refractivity contribution is 5.38. The van der Waals surface area contributed by atoms with E-state index in [-0.39, 0.29) is 0 Å². The van der Waals surface area contributed by atoms with Crippen molar-refractivity contribution in [1.29, 1.82) is 0 Å². The molecular weight excluding hydrogens is 170 g/mol. The second-order valence-electron chi connectivity index (χ2n) is 3.04. The summed E-state index contributed by atoms with van der Waals surface area (Å²) >= 11 is 0. The van der Waals surface area contributed by atoms with Crippen molar-refractivity contribution < 1.29 is 4.57 Å². The minimum atomic E-state index is 1.10. The molecule has 0 aliphatic rings. The minimum absolute atomic E-state index is 1.10. The molecule has 0 saturated carbocycles. The summed E-state index contributed by atoms with van der Waals surface area (Å²) in [6.07, 6.45) is 3.89. The molecule has 2 rings (SSSR count). The van der Waals surface area contributed by atoms with E-state index in [0.29, 0.717) is 0 Å². The van der Waals surface area contributed by atoms with Gasteiger partial charge in [-0.3, -0.25) is 0 Å². The third kappa shape index (κ3) is 1.57. The summed E-state index contributed by atoms with van der Waals surface area (Å²) in [4.78, 5) is 0. The van der Waals surface area contributed by atoms with Crippen LogP contribution < -0.4 is 4.57 Å². The van der Waals surface area contributed by atoms with Gasteiger partial charge in [0.25, 0.3) is 0 Å². The SMILES string of the molecule is C=Cc1cccc[n+]1-c1ccccc1. The average molecular weight is 182 g/mol. The molecule has 0 spiro atoms. The largest absolute Gasteiger partial charge is 0.211 e. The Hall–Kier alpha value is -1.89. The molecular formula is C13H12N+. The minimum Gasteiger partial charge on any atom is -0.161 e. The van der Waals surface area contributed by atoms with Crippen molar-refractivity contribution in [3.63, 3.8) is 0 Å². The van der Waals surface area contributed by atoms with Gasteiger partial charge < -0.3 is 0 Å². The molecule has 0 amide bonds. The number of benzene rings is 1. The lowest BCUT2D eigenvalue weighted by molar-refractivity contribution is -0.597. The van der Waals surface area contributed by atoms with Crippen LogP contribution in [0, 0.1) is 0 Å². The summed E-state index contributed by atoms with van der Waals surface area (Å²) in [6.45, 7) is 3.80. The van der Waals surface area contributed by atoms with E-state index in [2.05, 4.69) is 23.3 Å². The van der Waals surface area contributed by atoms with Gasteiger partial charge in [0.15, 0.2) is 6.20 Å². The van der Waals surface area contributed by atoms with Crippen LogP contribution in [0.25, 0.3) is 11.8 Å². The molecule has 2 aromatic rings. The molecule has 0 saturated heterocycles. The summed E-state index contributed by atoms with van der Waals surface area (Å²) in [5.74, 6) is 0. The average Bonchev–Trinajstić information content (AvgIpc) is 2.30. The zero-order chi connectivity index (χ0) is 9.80. The van der Waals surface area contributed by atoms with Crippen LogP contribution in [0.2, 0.25) is 0 Å². The molecule has 0 bridgehead atoms. The molecule has 0 unspecified atom stereocenters. The van der Waals surface area contributed by atoms with Crippen LogP contribution in [0.4, 0.5) is 0 Å². The van der Waals surface area contributed by atoms with Crippen molar-refractivity contribution >= 4 is 6.08 Å². The first-order valence-corrected chi connectivity index (χ1v) is 4.60. The van der Waals surface area contributed by atoms with E-state index in [4.69, 9.17) is 0 Å². The Labute approximate surface area is 84.0 Å². The molecule has 0 fully saturated rings. The van der Waals surface area contributed by atoms with E-state index in [0.717, 1.165) is 11.4 Å². The molecule has 0 aliphatic carbocycles. The van der Waals surface area contributed by atoms with Crippen molar-refractivity contribution in [2.24, 2.45) is 0 Å². The summed E-state index contributed by atoms with van der Waals surface area (Å²) in [6, 6.07) is 16.3. The molecule has 14 heavy (non-hydrogen) atoms. The Balaban J connectivity index is 2.57. The molecule has 0 aliphatic heterocycles. The fraction of sp³-hybridized carbons (Fsp3) is 0. The van der Waals surface area contributed by atoms with E-state index in [1.54, 1.807) is 0 Å². The van der Waals surface area contributed by atoms with Gasteiger partial charge in [-0.15, -0.1) is 0 Å². The zero-order valence-electron chi connectivity index (χ0n) is 7.93. The van der Waals surface area contributed by atoms with Crippen molar-refractivity contribution in [3.05, 3.63) is 67.0 Å². The van der Waals surface area contributed by atoms with Crippen LogP contribution in [0.5, 0.6) is 0 Å². The molecule has 1 aromatic carbocycles. The van der Waals surface area contributed by atoms with Gasteiger partial charge in [0, 0.05) is 30.3 Å². The quantitative estimate of drug-likeness (QED) is 0.628. The third-order valence-electron chi connectivity index (χ3n) is 2.13. The van der Waals surface area contributed by atoms with Crippen LogP contribution in [0.1, 0.15) is 5.69 Å². The summed E-state index contributed by atoms with van der Waals surface area (Å²) in [5.41, 5.74) is 2.25. The van der Waals surface area contributed by atoms with Gasteiger partial charge in [-0.05, 0) is 6.07 Å². The molecule has 1 heterocycles. The van der Waals surface area contributed by atoms with E-state index >= 15 is 0 Å². The molecule has 0 atom stereocenters. The topological polar surface area (TPSA) is 3.88 Å². The highest BCUT2D eigenvalue weighted by atomic mass is 15.0. The number of hydrogen-bond acceptors (Lipinski definition) is 0. The number of rotatable bonds is 2. The Morgan fingerprint density at radius 1 is 0.929 bits per heavy atom. The van der Waals surface area contributed by atoms with Crippen LogP contribution in [0.3, 0.4) is 0 Å². The predicted molar refractivity (Wildman–Crippen MR) is 58.1 cm³/mol. The lowest BCUT2D eigenvalue weighted by Gasteiger charge is -1.97. The number of aromatic nitrogens is 1. The number of nitrogens with zero attached hydrogens (tertiary/aromatic N) is 1.